The first-order valence-corrected chi connectivity index (χ1v) is 8.14. The highest BCUT2D eigenvalue weighted by atomic mass is 32.1. The molecule has 0 saturated heterocycles. The fraction of sp³-hybridized carbons (Fsp3) is 0.500. The molecule has 1 saturated carbocycles. The number of rotatable bonds is 5. The van der Waals surface area contributed by atoms with Crippen LogP contribution < -0.4 is 16.0 Å². The van der Waals surface area contributed by atoms with E-state index in [2.05, 4.69) is 16.0 Å². The third-order valence-electron chi connectivity index (χ3n) is 3.74. The third kappa shape index (κ3) is 5.60. The lowest BCUT2D eigenvalue weighted by atomic mass is 9.96. The number of carbonyl (C=O) groups is 1. The molecule has 1 aliphatic carbocycles. The summed E-state index contributed by atoms with van der Waals surface area (Å²) < 4.78 is 12.8. The van der Waals surface area contributed by atoms with Crippen molar-refractivity contribution in [2.24, 2.45) is 0 Å². The largest absolute Gasteiger partial charge is 0.361 e. The van der Waals surface area contributed by atoms with Gasteiger partial charge in [-0.3, -0.25) is 4.79 Å². The Labute approximate surface area is 135 Å². The number of amides is 1. The fourth-order valence-corrected chi connectivity index (χ4v) is 2.81. The van der Waals surface area contributed by atoms with Crippen molar-refractivity contribution in [3.8, 4) is 0 Å². The van der Waals surface area contributed by atoms with E-state index in [0.717, 1.165) is 0 Å². The molecule has 1 aromatic rings. The van der Waals surface area contributed by atoms with Gasteiger partial charge in [0.05, 0.1) is 0 Å². The molecule has 0 radical (unpaired) electrons. The van der Waals surface area contributed by atoms with Crippen LogP contribution in [0.5, 0.6) is 0 Å². The van der Waals surface area contributed by atoms with E-state index in [1.807, 2.05) is 0 Å². The van der Waals surface area contributed by atoms with Crippen LogP contribution >= 0.6 is 12.2 Å². The Balaban J connectivity index is 1.61. The number of carbonyl (C=O) groups excluding carboxylic acids is 1. The number of thiocarbonyl (C=S) groups is 1. The summed E-state index contributed by atoms with van der Waals surface area (Å²) in [5.41, 5.74) is 0.448. The summed E-state index contributed by atoms with van der Waals surface area (Å²) in [6.07, 6.45) is 6.17. The predicted molar refractivity (Wildman–Crippen MR) is 89.3 cm³/mol. The first kappa shape index (κ1) is 16.7. The summed E-state index contributed by atoms with van der Waals surface area (Å²) in [5.74, 6) is -0.565. The van der Waals surface area contributed by atoms with Crippen LogP contribution in [-0.4, -0.2) is 30.2 Å². The lowest BCUT2D eigenvalue weighted by molar-refractivity contribution is 0.0954. The SMILES string of the molecule is O=C(NCCNC(=S)NC1CCCCC1)c1ccc(F)cc1. The Morgan fingerprint density at radius 2 is 1.73 bits per heavy atom. The van der Waals surface area contributed by atoms with Crippen molar-refractivity contribution < 1.29 is 9.18 Å². The van der Waals surface area contributed by atoms with Crippen molar-refractivity contribution >= 4 is 23.2 Å². The van der Waals surface area contributed by atoms with E-state index in [4.69, 9.17) is 12.2 Å². The van der Waals surface area contributed by atoms with Crippen molar-refractivity contribution in [2.45, 2.75) is 38.1 Å². The molecule has 3 N–H and O–H groups in total. The van der Waals surface area contributed by atoms with Gasteiger partial charge in [0.15, 0.2) is 5.11 Å². The molecule has 4 nitrogen and oxygen atoms in total. The molecule has 120 valence electrons. The predicted octanol–water partition coefficient (Wildman–Crippen LogP) is 2.35. The topological polar surface area (TPSA) is 53.2 Å². The van der Waals surface area contributed by atoms with Crippen molar-refractivity contribution in [3.05, 3.63) is 35.6 Å². The van der Waals surface area contributed by atoms with Gasteiger partial charge in [0.25, 0.3) is 5.91 Å². The quantitative estimate of drug-likeness (QED) is 0.575. The van der Waals surface area contributed by atoms with E-state index in [-0.39, 0.29) is 11.7 Å². The minimum Gasteiger partial charge on any atom is -0.361 e. The Kier molecular flexibility index (Phi) is 6.58. The number of hydrogen-bond acceptors (Lipinski definition) is 2. The number of halogens is 1. The molecule has 1 fully saturated rings. The van der Waals surface area contributed by atoms with Gasteiger partial charge in [-0.05, 0) is 49.3 Å². The minimum atomic E-state index is -0.350. The first-order chi connectivity index (χ1) is 10.6. The van der Waals surface area contributed by atoms with Crippen LogP contribution in [0.15, 0.2) is 24.3 Å². The molecule has 2 rings (SSSR count). The molecule has 22 heavy (non-hydrogen) atoms. The van der Waals surface area contributed by atoms with Crippen molar-refractivity contribution in [1.82, 2.24) is 16.0 Å². The molecule has 1 amide bonds. The summed E-state index contributed by atoms with van der Waals surface area (Å²) in [7, 11) is 0. The Morgan fingerprint density at radius 3 is 2.41 bits per heavy atom. The monoisotopic (exact) mass is 323 g/mol. The highest BCUT2D eigenvalue weighted by molar-refractivity contribution is 7.80. The van der Waals surface area contributed by atoms with E-state index >= 15 is 0 Å². The van der Waals surface area contributed by atoms with E-state index in [0.29, 0.717) is 29.8 Å². The molecular weight excluding hydrogens is 301 g/mol. The average Bonchev–Trinajstić information content (AvgIpc) is 2.53. The lowest BCUT2D eigenvalue weighted by Gasteiger charge is -2.24. The van der Waals surface area contributed by atoms with Crippen molar-refractivity contribution in [3.63, 3.8) is 0 Å². The average molecular weight is 323 g/mol. The van der Waals surface area contributed by atoms with Crippen LogP contribution in [0.4, 0.5) is 4.39 Å². The molecule has 0 unspecified atom stereocenters. The van der Waals surface area contributed by atoms with Crippen molar-refractivity contribution in [2.75, 3.05) is 13.1 Å². The first-order valence-electron chi connectivity index (χ1n) is 7.73. The van der Waals surface area contributed by atoms with Crippen LogP contribution in [0, 0.1) is 5.82 Å². The Bertz CT molecular complexity index is 501. The molecule has 0 atom stereocenters. The van der Waals surface area contributed by atoms with Crippen LogP contribution in [0.3, 0.4) is 0 Å². The van der Waals surface area contributed by atoms with Gasteiger partial charge in [-0.15, -0.1) is 0 Å². The normalized spacial score (nSPS) is 15.1. The number of benzene rings is 1. The second kappa shape index (κ2) is 8.68. The molecule has 6 heteroatoms. The van der Waals surface area contributed by atoms with E-state index in [1.54, 1.807) is 0 Å². The summed E-state index contributed by atoms with van der Waals surface area (Å²) in [6, 6.07) is 5.95. The van der Waals surface area contributed by atoms with Gasteiger partial charge in [-0.25, -0.2) is 4.39 Å². The van der Waals surface area contributed by atoms with E-state index in [1.165, 1.54) is 56.4 Å². The summed E-state index contributed by atoms with van der Waals surface area (Å²) in [6.45, 7) is 1.02. The highest BCUT2D eigenvalue weighted by Crippen LogP contribution is 2.17. The molecule has 1 aromatic carbocycles. The van der Waals surface area contributed by atoms with Gasteiger partial charge in [0, 0.05) is 24.7 Å². The Morgan fingerprint density at radius 1 is 1.09 bits per heavy atom. The van der Waals surface area contributed by atoms with Gasteiger partial charge in [0.2, 0.25) is 0 Å². The standard InChI is InChI=1S/C16H22FN3OS/c17-13-8-6-12(7-9-13)15(21)18-10-11-19-16(22)20-14-4-2-1-3-5-14/h6-9,14H,1-5,10-11H2,(H,18,21)(H2,19,20,22). The van der Waals surface area contributed by atoms with Crippen LogP contribution in [0.2, 0.25) is 0 Å². The van der Waals surface area contributed by atoms with E-state index < -0.39 is 0 Å². The number of hydrogen-bond donors (Lipinski definition) is 3. The second-order valence-electron chi connectivity index (χ2n) is 5.50. The molecule has 0 spiro atoms. The minimum absolute atomic E-state index is 0.215. The molecule has 0 aromatic heterocycles. The fourth-order valence-electron chi connectivity index (χ4n) is 2.54. The second-order valence-corrected chi connectivity index (χ2v) is 5.91. The maximum absolute atomic E-state index is 12.8. The smallest absolute Gasteiger partial charge is 0.251 e. The Hall–Kier alpha value is -1.69. The molecule has 0 aliphatic heterocycles. The number of nitrogens with one attached hydrogen (secondary N) is 3. The summed E-state index contributed by atoms with van der Waals surface area (Å²) >= 11 is 5.25. The van der Waals surface area contributed by atoms with Gasteiger partial charge in [-0.2, -0.15) is 0 Å². The van der Waals surface area contributed by atoms with Crippen LogP contribution in [-0.2, 0) is 0 Å². The van der Waals surface area contributed by atoms with Gasteiger partial charge >= 0.3 is 0 Å². The zero-order valence-electron chi connectivity index (χ0n) is 12.5. The van der Waals surface area contributed by atoms with Gasteiger partial charge in [-0.1, -0.05) is 19.3 Å². The molecular formula is C16H22FN3OS. The maximum atomic E-state index is 12.8. The highest BCUT2D eigenvalue weighted by Gasteiger charge is 2.13. The lowest BCUT2D eigenvalue weighted by Crippen LogP contribution is -2.45. The van der Waals surface area contributed by atoms with Crippen molar-refractivity contribution in [1.29, 1.82) is 0 Å². The maximum Gasteiger partial charge on any atom is 0.251 e. The van der Waals surface area contributed by atoms with Gasteiger partial charge in [0.1, 0.15) is 5.82 Å². The molecule has 0 bridgehead atoms. The van der Waals surface area contributed by atoms with Gasteiger partial charge < -0.3 is 16.0 Å². The molecule has 0 heterocycles. The van der Waals surface area contributed by atoms with Crippen LogP contribution in [0.1, 0.15) is 42.5 Å². The zero-order valence-corrected chi connectivity index (χ0v) is 13.3. The summed E-state index contributed by atoms with van der Waals surface area (Å²) in [4.78, 5) is 11.8. The molecule has 1 aliphatic rings. The van der Waals surface area contributed by atoms with Crippen LogP contribution in [0.25, 0.3) is 0 Å². The zero-order chi connectivity index (χ0) is 15.8. The van der Waals surface area contributed by atoms with E-state index in [9.17, 15) is 9.18 Å². The third-order valence-corrected chi connectivity index (χ3v) is 4.01. The summed E-state index contributed by atoms with van der Waals surface area (Å²) in [5, 5.41) is 9.81.